The van der Waals surface area contributed by atoms with E-state index in [9.17, 15) is 9.18 Å². The van der Waals surface area contributed by atoms with Crippen LogP contribution in [0.4, 0.5) is 4.39 Å². The summed E-state index contributed by atoms with van der Waals surface area (Å²) in [5.74, 6) is 0.554. The zero-order valence-electron chi connectivity index (χ0n) is 14.7. The molecule has 2 aromatic carbocycles. The van der Waals surface area contributed by atoms with Crippen molar-refractivity contribution >= 4 is 5.91 Å². The van der Waals surface area contributed by atoms with E-state index in [-0.39, 0.29) is 11.7 Å². The lowest BCUT2D eigenvalue weighted by Crippen LogP contribution is -3.13. The van der Waals surface area contributed by atoms with Gasteiger partial charge >= 0.3 is 0 Å². The lowest BCUT2D eigenvalue weighted by Gasteiger charge is -2.32. The van der Waals surface area contributed by atoms with Crippen LogP contribution >= 0.6 is 0 Å². The lowest BCUT2D eigenvalue weighted by molar-refractivity contribution is -0.917. The summed E-state index contributed by atoms with van der Waals surface area (Å²) in [7, 11) is 1.60. The number of piperazine rings is 1. The number of methoxy groups -OCH3 is 1. The summed E-state index contributed by atoms with van der Waals surface area (Å²) in [5, 5.41) is 0. The SMILES string of the molecule is COc1ccc(F)cc1C[NH+]1CCN(C(=O)c2ccc(C)cc2)CC1. The first-order valence-corrected chi connectivity index (χ1v) is 8.59. The molecule has 0 bridgehead atoms. The molecule has 132 valence electrons. The number of quaternary nitrogens is 1. The van der Waals surface area contributed by atoms with Crippen LogP contribution in [0, 0.1) is 12.7 Å². The van der Waals surface area contributed by atoms with E-state index in [0.717, 1.165) is 29.8 Å². The highest BCUT2D eigenvalue weighted by Crippen LogP contribution is 2.18. The van der Waals surface area contributed by atoms with Crippen LogP contribution < -0.4 is 9.64 Å². The predicted molar refractivity (Wildman–Crippen MR) is 94.4 cm³/mol. The number of carbonyl (C=O) groups excluding carboxylic acids is 1. The fraction of sp³-hybridized carbons (Fsp3) is 0.350. The number of rotatable bonds is 4. The number of amides is 1. The minimum absolute atomic E-state index is 0.0855. The summed E-state index contributed by atoms with van der Waals surface area (Å²) >= 11 is 0. The highest BCUT2D eigenvalue weighted by atomic mass is 19.1. The third-order valence-electron chi connectivity index (χ3n) is 4.74. The summed E-state index contributed by atoms with van der Waals surface area (Å²) in [4.78, 5) is 15.8. The number of halogens is 1. The van der Waals surface area contributed by atoms with E-state index in [1.54, 1.807) is 13.2 Å². The molecule has 4 nitrogen and oxygen atoms in total. The molecule has 1 amide bonds. The lowest BCUT2D eigenvalue weighted by atomic mass is 10.1. The second-order valence-electron chi connectivity index (χ2n) is 6.54. The number of carbonyl (C=O) groups is 1. The first-order chi connectivity index (χ1) is 12.1. The molecule has 1 saturated heterocycles. The maximum Gasteiger partial charge on any atom is 0.254 e. The number of ether oxygens (including phenoxy) is 1. The smallest absolute Gasteiger partial charge is 0.254 e. The molecule has 0 aliphatic carbocycles. The van der Waals surface area contributed by atoms with E-state index in [2.05, 4.69) is 0 Å². The second kappa shape index (κ2) is 7.66. The Balaban J connectivity index is 1.59. The third kappa shape index (κ3) is 4.17. The number of aryl methyl sites for hydroxylation is 1. The van der Waals surface area contributed by atoms with Crippen molar-refractivity contribution in [3.05, 3.63) is 65.0 Å². The van der Waals surface area contributed by atoms with Crippen LogP contribution in [0.1, 0.15) is 21.5 Å². The third-order valence-corrected chi connectivity index (χ3v) is 4.74. The molecule has 3 rings (SSSR count). The minimum Gasteiger partial charge on any atom is -0.496 e. The van der Waals surface area contributed by atoms with Crippen molar-refractivity contribution in [1.29, 1.82) is 0 Å². The van der Waals surface area contributed by atoms with Gasteiger partial charge in [-0.05, 0) is 37.3 Å². The highest BCUT2D eigenvalue weighted by molar-refractivity contribution is 5.94. The highest BCUT2D eigenvalue weighted by Gasteiger charge is 2.25. The van der Waals surface area contributed by atoms with Crippen LogP contribution in [0.3, 0.4) is 0 Å². The monoisotopic (exact) mass is 343 g/mol. The molecule has 0 unspecified atom stereocenters. The zero-order valence-corrected chi connectivity index (χ0v) is 14.7. The summed E-state index contributed by atoms with van der Waals surface area (Å²) in [5.41, 5.74) is 2.76. The first-order valence-electron chi connectivity index (χ1n) is 8.59. The summed E-state index contributed by atoms with van der Waals surface area (Å²) in [6.07, 6.45) is 0. The van der Waals surface area contributed by atoms with E-state index in [0.29, 0.717) is 25.4 Å². The molecular formula is C20H24FN2O2+. The maximum absolute atomic E-state index is 13.5. The van der Waals surface area contributed by atoms with E-state index in [4.69, 9.17) is 4.74 Å². The van der Waals surface area contributed by atoms with Crippen molar-refractivity contribution < 1.29 is 18.8 Å². The van der Waals surface area contributed by atoms with Gasteiger partial charge in [-0.25, -0.2) is 4.39 Å². The average molecular weight is 343 g/mol. The summed E-state index contributed by atoms with van der Waals surface area (Å²) in [6.45, 7) is 5.82. The molecule has 0 aromatic heterocycles. The van der Waals surface area contributed by atoms with Gasteiger partial charge in [0.1, 0.15) is 18.1 Å². The van der Waals surface area contributed by atoms with Crippen LogP contribution in [0.5, 0.6) is 5.75 Å². The average Bonchev–Trinajstić information content (AvgIpc) is 2.63. The van der Waals surface area contributed by atoms with E-state index in [1.165, 1.54) is 17.0 Å². The molecule has 1 fully saturated rings. The summed E-state index contributed by atoms with van der Waals surface area (Å²) < 4.78 is 18.8. The van der Waals surface area contributed by atoms with Crippen LogP contribution in [0.25, 0.3) is 0 Å². The molecule has 2 aromatic rings. The Morgan fingerprint density at radius 3 is 2.48 bits per heavy atom. The van der Waals surface area contributed by atoms with Crippen molar-refractivity contribution in [2.75, 3.05) is 33.3 Å². The molecule has 0 radical (unpaired) electrons. The van der Waals surface area contributed by atoms with Gasteiger partial charge in [0.05, 0.1) is 38.9 Å². The fourth-order valence-corrected chi connectivity index (χ4v) is 3.24. The van der Waals surface area contributed by atoms with Crippen LogP contribution in [-0.2, 0) is 6.54 Å². The largest absolute Gasteiger partial charge is 0.496 e. The van der Waals surface area contributed by atoms with E-state index in [1.807, 2.05) is 36.1 Å². The van der Waals surface area contributed by atoms with Crippen molar-refractivity contribution in [1.82, 2.24) is 4.90 Å². The molecule has 1 aliphatic heterocycles. The van der Waals surface area contributed by atoms with Crippen molar-refractivity contribution in [2.45, 2.75) is 13.5 Å². The summed E-state index contributed by atoms with van der Waals surface area (Å²) in [6, 6.07) is 12.3. The van der Waals surface area contributed by atoms with E-state index < -0.39 is 0 Å². The van der Waals surface area contributed by atoms with Crippen LogP contribution in [0.15, 0.2) is 42.5 Å². The Hall–Kier alpha value is -2.40. The Morgan fingerprint density at radius 1 is 1.16 bits per heavy atom. The van der Waals surface area contributed by atoms with Crippen molar-refractivity contribution in [3.63, 3.8) is 0 Å². The topological polar surface area (TPSA) is 34.0 Å². The second-order valence-corrected chi connectivity index (χ2v) is 6.54. The van der Waals surface area contributed by atoms with Gasteiger partial charge in [0, 0.05) is 5.56 Å². The first kappa shape index (κ1) is 17.4. The maximum atomic E-state index is 13.5. The van der Waals surface area contributed by atoms with Gasteiger partial charge in [-0.1, -0.05) is 17.7 Å². The zero-order chi connectivity index (χ0) is 17.8. The molecular weight excluding hydrogens is 319 g/mol. The van der Waals surface area contributed by atoms with Gasteiger partial charge in [0.25, 0.3) is 5.91 Å². The molecule has 0 spiro atoms. The Morgan fingerprint density at radius 2 is 1.84 bits per heavy atom. The van der Waals surface area contributed by atoms with Crippen molar-refractivity contribution in [3.8, 4) is 5.75 Å². The Bertz CT molecular complexity index is 738. The quantitative estimate of drug-likeness (QED) is 0.917. The molecule has 0 atom stereocenters. The predicted octanol–water partition coefficient (Wildman–Crippen LogP) is 1.68. The van der Waals surface area contributed by atoms with Gasteiger partial charge in [0.15, 0.2) is 0 Å². The Kier molecular flexibility index (Phi) is 5.34. The molecule has 0 saturated carbocycles. The number of hydrogen-bond donors (Lipinski definition) is 1. The molecule has 5 heteroatoms. The normalized spacial score (nSPS) is 15.2. The number of nitrogens with zero attached hydrogens (tertiary/aromatic N) is 1. The number of nitrogens with one attached hydrogen (secondary N) is 1. The van der Waals surface area contributed by atoms with Gasteiger partial charge in [-0.2, -0.15) is 0 Å². The molecule has 25 heavy (non-hydrogen) atoms. The van der Waals surface area contributed by atoms with E-state index >= 15 is 0 Å². The van der Waals surface area contributed by atoms with Crippen LogP contribution in [-0.4, -0.2) is 44.1 Å². The van der Waals surface area contributed by atoms with Gasteiger partial charge in [-0.15, -0.1) is 0 Å². The standard InChI is InChI=1S/C20H23FN2O2/c1-15-3-5-16(6-4-15)20(24)23-11-9-22(10-12-23)14-17-13-18(21)7-8-19(17)25-2/h3-8,13H,9-12,14H2,1-2H3/p+1. The fourth-order valence-electron chi connectivity index (χ4n) is 3.24. The number of hydrogen-bond acceptors (Lipinski definition) is 2. The molecule has 1 N–H and O–H groups in total. The molecule has 1 aliphatic rings. The number of benzene rings is 2. The van der Waals surface area contributed by atoms with Gasteiger partial charge in [0.2, 0.25) is 0 Å². The van der Waals surface area contributed by atoms with Gasteiger partial charge < -0.3 is 14.5 Å². The van der Waals surface area contributed by atoms with Crippen molar-refractivity contribution in [2.24, 2.45) is 0 Å². The molecule has 1 heterocycles. The Labute approximate surface area is 147 Å². The van der Waals surface area contributed by atoms with Crippen LogP contribution in [0.2, 0.25) is 0 Å². The minimum atomic E-state index is -0.247. The van der Waals surface area contributed by atoms with Gasteiger partial charge in [-0.3, -0.25) is 4.79 Å².